The van der Waals surface area contributed by atoms with Crippen LogP contribution >= 0.6 is 0 Å². The van der Waals surface area contributed by atoms with Gasteiger partial charge in [-0.1, -0.05) is 25.1 Å². The molecule has 0 aliphatic heterocycles. The maximum atomic E-state index is 13.1. The molecule has 1 aromatic carbocycles. The number of fused-ring (bicyclic) bond motifs is 2. The van der Waals surface area contributed by atoms with E-state index in [-0.39, 0.29) is 23.4 Å². The van der Waals surface area contributed by atoms with Crippen molar-refractivity contribution in [1.82, 2.24) is 0 Å². The van der Waals surface area contributed by atoms with Crippen LogP contribution < -0.4 is 4.74 Å². The number of hydrogen-bond donors (Lipinski definition) is 0. The molecule has 0 radical (unpaired) electrons. The van der Waals surface area contributed by atoms with Crippen LogP contribution in [0.15, 0.2) is 42.5 Å². The molecule has 0 unspecified atom stereocenters. The summed E-state index contributed by atoms with van der Waals surface area (Å²) in [5.74, 6) is -0.558. The fourth-order valence-corrected chi connectivity index (χ4v) is 4.39. The van der Waals surface area contributed by atoms with Crippen molar-refractivity contribution in [2.45, 2.75) is 31.8 Å². The highest BCUT2D eigenvalue weighted by atomic mass is 16.5. The summed E-state index contributed by atoms with van der Waals surface area (Å²) in [6.07, 6.45) is 3.87. The summed E-state index contributed by atoms with van der Waals surface area (Å²) in [6.45, 7) is 7.67. The molecule has 1 aromatic rings. The first-order valence-electron chi connectivity index (χ1n) is 8.52. The molecule has 0 N–H and O–H groups in total. The number of benzene rings is 1. The first-order chi connectivity index (χ1) is 11.9. The number of ether oxygens (including phenoxy) is 2. The standard InChI is InChI=1S/C21H24O4/c1-6-7-15-11-21(25-5)13(3)17(18(19(15)22)20(21)23)14-9-8-12(2)16(10-14)24-4/h6,8-11,13,17-18H,1,7H2,2-5H3/t13-,17+,18+,21-/m1/s1. The smallest absolute Gasteiger partial charge is 0.180 e. The van der Waals surface area contributed by atoms with Crippen LogP contribution in [0.5, 0.6) is 5.75 Å². The highest BCUT2D eigenvalue weighted by molar-refractivity contribution is 6.19. The highest BCUT2D eigenvalue weighted by Gasteiger charge is 2.63. The van der Waals surface area contributed by atoms with Gasteiger partial charge in [-0.05, 0) is 42.2 Å². The number of carbonyl (C=O) groups excluding carboxylic acids is 2. The summed E-state index contributed by atoms with van der Waals surface area (Å²) in [5.41, 5.74) is 1.54. The van der Waals surface area contributed by atoms with E-state index in [1.54, 1.807) is 26.4 Å². The molecular formula is C21H24O4. The van der Waals surface area contributed by atoms with Gasteiger partial charge in [-0.25, -0.2) is 0 Å². The molecule has 1 saturated carbocycles. The first-order valence-corrected chi connectivity index (χ1v) is 8.52. The molecule has 25 heavy (non-hydrogen) atoms. The van der Waals surface area contributed by atoms with Crippen molar-refractivity contribution >= 4 is 11.6 Å². The van der Waals surface area contributed by atoms with Crippen LogP contribution in [0.25, 0.3) is 0 Å². The van der Waals surface area contributed by atoms with Crippen molar-refractivity contribution < 1.29 is 19.1 Å². The average Bonchev–Trinajstić information content (AvgIpc) is 2.76. The molecular weight excluding hydrogens is 316 g/mol. The molecule has 0 aromatic heterocycles. The van der Waals surface area contributed by atoms with Crippen LogP contribution in [-0.2, 0) is 14.3 Å². The third-order valence-electron chi connectivity index (χ3n) is 5.75. The van der Waals surface area contributed by atoms with E-state index in [2.05, 4.69) is 6.58 Å². The van der Waals surface area contributed by atoms with Crippen molar-refractivity contribution in [1.29, 1.82) is 0 Å². The van der Waals surface area contributed by atoms with Crippen molar-refractivity contribution in [3.8, 4) is 5.75 Å². The highest BCUT2D eigenvalue weighted by Crippen LogP contribution is 2.54. The molecule has 2 aliphatic carbocycles. The van der Waals surface area contributed by atoms with Crippen LogP contribution in [0, 0.1) is 18.8 Å². The van der Waals surface area contributed by atoms with Gasteiger partial charge >= 0.3 is 0 Å². The minimum atomic E-state index is -1.04. The molecule has 0 spiro atoms. The first kappa shape index (κ1) is 17.6. The lowest BCUT2D eigenvalue weighted by atomic mass is 9.79. The molecule has 2 bridgehead atoms. The zero-order valence-corrected chi connectivity index (χ0v) is 15.2. The van der Waals surface area contributed by atoms with Gasteiger partial charge in [0.15, 0.2) is 11.6 Å². The molecule has 2 aliphatic rings. The Kier molecular flexibility index (Phi) is 4.41. The number of ketones is 2. The van der Waals surface area contributed by atoms with E-state index in [4.69, 9.17) is 9.47 Å². The topological polar surface area (TPSA) is 52.6 Å². The van der Waals surface area contributed by atoms with Crippen LogP contribution in [0.4, 0.5) is 0 Å². The van der Waals surface area contributed by atoms with Crippen LogP contribution in [0.3, 0.4) is 0 Å². The lowest BCUT2D eigenvalue weighted by molar-refractivity contribution is -0.141. The summed E-state index contributed by atoms with van der Waals surface area (Å²) >= 11 is 0. The predicted molar refractivity (Wildman–Crippen MR) is 95.8 cm³/mol. The van der Waals surface area contributed by atoms with Gasteiger partial charge in [0.2, 0.25) is 0 Å². The lowest BCUT2D eigenvalue weighted by Crippen LogP contribution is -2.45. The predicted octanol–water partition coefficient (Wildman–Crippen LogP) is 3.39. The fraction of sp³-hybridized carbons (Fsp3) is 0.429. The van der Waals surface area contributed by atoms with Gasteiger partial charge in [0.1, 0.15) is 11.4 Å². The maximum absolute atomic E-state index is 13.1. The van der Waals surface area contributed by atoms with E-state index in [0.29, 0.717) is 12.0 Å². The van der Waals surface area contributed by atoms with E-state index in [0.717, 1.165) is 16.9 Å². The Balaban J connectivity index is 2.14. The second-order valence-electron chi connectivity index (χ2n) is 6.91. The van der Waals surface area contributed by atoms with Gasteiger partial charge in [-0.15, -0.1) is 6.58 Å². The van der Waals surface area contributed by atoms with E-state index in [1.807, 2.05) is 32.0 Å². The Labute approximate surface area is 148 Å². The zero-order chi connectivity index (χ0) is 18.4. The van der Waals surface area contributed by atoms with E-state index in [9.17, 15) is 9.59 Å². The Morgan fingerprint density at radius 1 is 1.28 bits per heavy atom. The number of allylic oxidation sites excluding steroid dienone is 2. The average molecular weight is 340 g/mol. The second-order valence-corrected chi connectivity index (χ2v) is 6.91. The number of carbonyl (C=O) groups is 2. The summed E-state index contributed by atoms with van der Waals surface area (Å²) in [4.78, 5) is 26.0. The minimum absolute atomic E-state index is 0.105. The summed E-state index contributed by atoms with van der Waals surface area (Å²) < 4.78 is 11.1. The monoisotopic (exact) mass is 340 g/mol. The van der Waals surface area contributed by atoms with Gasteiger partial charge < -0.3 is 9.47 Å². The van der Waals surface area contributed by atoms with Crippen LogP contribution in [0.2, 0.25) is 0 Å². The molecule has 4 nitrogen and oxygen atoms in total. The zero-order valence-electron chi connectivity index (χ0n) is 15.2. The van der Waals surface area contributed by atoms with Crippen molar-refractivity contribution in [3.05, 3.63) is 53.6 Å². The fourth-order valence-electron chi connectivity index (χ4n) is 4.39. The summed E-state index contributed by atoms with van der Waals surface area (Å²) in [7, 11) is 3.17. The number of hydrogen-bond acceptors (Lipinski definition) is 4. The maximum Gasteiger partial charge on any atom is 0.180 e. The SMILES string of the molecule is C=CCC1=C[C@]2(OC)C(=O)[C@H](C1=O)[C@H](c1ccc(C)c(OC)c1)[C@H]2C. The number of rotatable bonds is 5. The second kappa shape index (κ2) is 6.26. The van der Waals surface area contributed by atoms with Crippen LogP contribution in [0.1, 0.15) is 30.4 Å². The molecule has 0 amide bonds. The quantitative estimate of drug-likeness (QED) is 0.609. The van der Waals surface area contributed by atoms with Gasteiger partial charge in [0.05, 0.1) is 13.0 Å². The number of aryl methyl sites for hydroxylation is 1. The summed E-state index contributed by atoms with van der Waals surface area (Å²) in [6, 6.07) is 5.89. The minimum Gasteiger partial charge on any atom is -0.496 e. The third-order valence-corrected chi connectivity index (χ3v) is 5.75. The van der Waals surface area contributed by atoms with Gasteiger partial charge in [0, 0.05) is 18.9 Å². The molecule has 0 saturated heterocycles. The van der Waals surface area contributed by atoms with Crippen molar-refractivity contribution in [2.75, 3.05) is 14.2 Å². The van der Waals surface area contributed by atoms with Gasteiger partial charge in [-0.2, -0.15) is 0 Å². The third kappa shape index (κ3) is 2.39. The molecule has 0 heterocycles. The molecule has 4 atom stereocenters. The number of Topliss-reactive ketones (excluding diaryl/α,β-unsaturated/α-hetero) is 2. The Morgan fingerprint density at radius 3 is 2.60 bits per heavy atom. The van der Waals surface area contributed by atoms with Crippen molar-refractivity contribution in [3.63, 3.8) is 0 Å². The van der Waals surface area contributed by atoms with E-state index in [1.165, 1.54) is 0 Å². The summed E-state index contributed by atoms with van der Waals surface area (Å²) in [5, 5.41) is 0. The molecule has 1 fully saturated rings. The Morgan fingerprint density at radius 2 is 2.00 bits per heavy atom. The van der Waals surface area contributed by atoms with Crippen LogP contribution in [-0.4, -0.2) is 31.4 Å². The number of methoxy groups -OCH3 is 2. The molecule has 132 valence electrons. The Bertz CT molecular complexity index is 776. The van der Waals surface area contributed by atoms with Gasteiger partial charge in [0.25, 0.3) is 0 Å². The Hall–Kier alpha value is -2.20. The van der Waals surface area contributed by atoms with E-state index >= 15 is 0 Å². The van der Waals surface area contributed by atoms with E-state index < -0.39 is 11.5 Å². The normalized spacial score (nSPS) is 31.0. The molecule has 3 rings (SSSR count). The largest absolute Gasteiger partial charge is 0.496 e. The van der Waals surface area contributed by atoms with Gasteiger partial charge in [-0.3, -0.25) is 9.59 Å². The molecule has 4 heteroatoms. The van der Waals surface area contributed by atoms with Crippen molar-refractivity contribution in [2.24, 2.45) is 11.8 Å². The lowest BCUT2D eigenvalue weighted by Gasteiger charge is -2.30.